The first-order chi connectivity index (χ1) is 36.2. The first-order valence-corrected chi connectivity index (χ1v) is 27.2. The van der Waals surface area contributed by atoms with Crippen molar-refractivity contribution < 1.29 is 0 Å². The fourth-order valence-electron chi connectivity index (χ4n) is 11.5. The van der Waals surface area contributed by atoms with E-state index in [0.29, 0.717) is 0 Å². The molecule has 6 aromatic heterocycles. The van der Waals surface area contributed by atoms with Crippen LogP contribution in [0.2, 0.25) is 0 Å². The van der Waals surface area contributed by atoms with Crippen LogP contribution in [-0.2, 0) is 0 Å². The van der Waals surface area contributed by atoms with Crippen LogP contribution in [-0.4, -0.2) is 19.1 Å². The molecule has 17 aromatic rings. The van der Waals surface area contributed by atoms with Crippen LogP contribution in [0.25, 0.3) is 139 Å². The molecule has 0 unspecified atom stereocenters. The number of hydrogen-bond donors (Lipinski definition) is 2. The van der Waals surface area contributed by atoms with Crippen LogP contribution in [0.15, 0.2) is 237 Å². The number of fused-ring (bicyclic) bond motifs is 22. The fraction of sp³-hybridized carbons (Fsp3) is 0.0149. The number of thiophene rings is 2. The monoisotopic (exact) mass is 1100 g/mol. The molecule has 0 amide bonds. The Hall–Kier alpha value is -8.21. The lowest BCUT2D eigenvalue weighted by atomic mass is 10.1. The van der Waals surface area contributed by atoms with Gasteiger partial charge in [-0.05, 0) is 108 Å². The smallest absolute Gasteiger partial charge is 0.0555 e. The minimum Gasteiger partial charge on any atom is -0.354 e. The Morgan fingerprint density at radius 1 is 0.270 bits per heavy atom. The summed E-state index contributed by atoms with van der Waals surface area (Å²) in [6.45, 7) is 0. The SMILES string of the molecule is C.Ic1ccccc1.c1ccc(-n2c3ccccc3c3c4sc5c(ccc6c5c5ccccc5n6-c5ccccc5)c4ccc32)cc1.c1ccc2c(c1)[nH]c1ccc3c4ccc5[nH]c6ccccc6c5c4sc3c12. The summed E-state index contributed by atoms with van der Waals surface area (Å²) < 4.78 is 11.6. The number of hydrogen-bond acceptors (Lipinski definition) is 2. The van der Waals surface area contributed by atoms with Crippen LogP contribution >= 0.6 is 45.3 Å². The molecule has 0 radical (unpaired) electrons. The van der Waals surface area contributed by atoms with Crippen LogP contribution in [0.1, 0.15) is 7.43 Å². The molecule has 0 aliphatic carbocycles. The van der Waals surface area contributed by atoms with E-state index >= 15 is 0 Å². The first kappa shape index (κ1) is 44.5. The highest BCUT2D eigenvalue weighted by Gasteiger charge is 2.22. The van der Waals surface area contributed by atoms with Crippen molar-refractivity contribution in [3.05, 3.63) is 240 Å². The van der Waals surface area contributed by atoms with Gasteiger partial charge in [0.15, 0.2) is 0 Å². The summed E-state index contributed by atoms with van der Waals surface area (Å²) in [4.78, 5) is 7.15. The second-order valence-electron chi connectivity index (χ2n) is 18.6. The van der Waals surface area contributed by atoms with Gasteiger partial charge in [0, 0.05) is 120 Å². The van der Waals surface area contributed by atoms with E-state index in [1.54, 1.807) is 0 Å². The minimum absolute atomic E-state index is 0. The second-order valence-corrected chi connectivity index (χ2v) is 21.9. The van der Waals surface area contributed by atoms with E-state index in [1.165, 1.54) is 143 Å². The van der Waals surface area contributed by atoms with Gasteiger partial charge in [-0.3, -0.25) is 0 Å². The molecule has 0 atom stereocenters. The predicted octanol–water partition coefficient (Wildman–Crippen LogP) is 20.5. The Morgan fingerprint density at radius 3 is 1.01 bits per heavy atom. The molecule has 0 saturated carbocycles. The van der Waals surface area contributed by atoms with Crippen molar-refractivity contribution in [3.8, 4) is 11.4 Å². The zero-order valence-electron chi connectivity index (χ0n) is 39.1. The van der Waals surface area contributed by atoms with E-state index < -0.39 is 0 Å². The summed E-state index contributed by atoms with van der Waals surface area (Å²) in [5.74, 6) is 0. The predicted molar refractivity (Wildman–Crippen MR) is 332 cm³/mol. The topological polar surface area (TPSA) is 41.4 Å². The number of aromatic amines is 2. The molecule has 74 heavy (non-hydrogen) atoms. The zero-order chi connectivity index (χ0) is 48.1. The number of aromatic nitrogens is 4. The maximum Gasteiger partial charge on any atom is 0.0555 e. The van der Waals surface area contributed by atoms with Crippen molar-refractivity contribution in [2.24, 2.45) is 0 Å². The van der Waals surface area contributed by atoms with Crippen molar-refractivity contribution >= 4 is 173 Å². The van der Waals surface area contributed by atoms with Crippen molar-refractivity contribution in [2.45, 2.75) is 7.43 Å². The van der Waals surface area contributed by atoms with Gasteiger partial charge in [0.25, 0.3) is 0 Å². The van der Waals surface area contributed by atoms with Gasteiger partial charge in [-0.1, -0.05) is 159 Å². The molecule has 4 nitrogen and oxygen atoms in total. The van der Waals surface area contributed by atoms with Gasteiger partial charge < -0.3 is 19.1 Å². The highest BCUT2D eigenvalue weighted by atomic mass is 127. The van der Waals surface area contributed by atoms with Crippen LogP contribution in [0.3, 0.4) is 0 Å². The molecule has 352 valence electrons. The highest BCUT2D eigenvalue weighted by molar-refractivity contribution is 14.1. The molecule has 0 fully saturated rings. The number of nitrogens with zero attached hydrogens (tertiary/aromatic N) is 2. The molecule has 0 aliphatic rings. The molecule has 11 aromatic carbocycles. The van der Waals surface area contributed by atoms with Crippen LogP contribution in [0.5, 0.6) is 0 Å². The number of benzene rings is 11. The van der Waals surface area contributed by atoms with E-state index in [4.69, 9.17) is 0 Å². The molecule has 0 spiro atoms. The lowest BCUT2D eigenvalue weighted by molar-refractivity contribution is 1.18. The van der Waals surface area contributed by atoms with E-state index in [0.717, 1.165) is 0 Å². The largest absolute Gasteiger partial charge is 0.354 e. The summed E-state index contributed by atoms with van der Waals surface area (Å²) in [5, 5.41) is 15.9. The molecule has 7 heteroatoms. The average Bonchev–Trinajstić information content (AvgIpc) is 4.38. The van der Waals surface area contributed by atoms with Crippen LogP contribution in [0, 0.1) is 3.57 Å². The standard InChI is InChI=1S/C36H22N2S.C24H14N2S.C6H5I.CH4/c1-3-11-23(12-4-1)37-29-17-9-7-15-27(29)33-31(37)21-19-25-26-20-22-32-34(36(26)39-35(25)33)28-16-8-10-18-30(28)38(32)24-13-5-2-6-14-24;1-3-7-17-15(5-1)21-19(25-17)11-9-13-14-10-12-20-22(24(14)27-23(13)21)16-6-2-4-8-18(16)26-20;7-6-4-2-1-3-5-6;/h1-22H;1-12,25-26H;1-5H;1H4. The minimum atomic E-state index is 0. The fourth-order valence-corrected chi connectivity index (χ4v) is 14.7. The van der Waals surface area contributed by atoms with Gasteiger partial charge in [0.05, 0.1) is 22.1 Å². The lowest BCUT2D eigenvalue weighted by Crippen LogP contribution is -1.92. The van der Waals surface area contributed by atoms with E-state index in [-0.39, 0.29) is 7.43 Å². The van der Waals surface area contributed by atoms with Gasteiger partial charge in [-0.15, -0.1) is 22.7 Å². The molecule has 17 rings (SSSR count). The van der Waals surface area contributed by atoms with Crippen molar-refractivity contribution in [1.29, 1.82) is 0 Å². The molecule has 0 bridgehead atoms. The summed E-state index contributed by atoms with van der Waals surface area (Å²) in [6, 6.07) is 84.8. The van der Waals surface area contributed by atoms with Crippen molar-refractivity contribution in [3.63, 3.8) is 0 Å². The van der Waals surface area contributed by atoms with Crippen molar-refractivity contribution in [1.82, 2.24) is 19.1 Å². The Balaban J connectivity index is 0.000000125. The Morgan fingerprint density at radius 2 is 0.608 bits per heavy atom. The van der Waals surface area contributed by atoms with Gasteiger partial charge in [0.2, 0.25) is 0 Å². The van der Waals surface area contributed by atoms with E-state index in [2.05, 4.69) is 260 Å². The average molecular weight is 1100 g/mol. The quantitative estimate of drug-likeness (QED) is 0.162. The number of halogens is 1. The second kappa shape index (κ2) is 17.8. The van der Waals surface area contributed by atoms with E-state index in [9.17, 15) is 0 Å². The summed E-state index contributed by atoms with van der Waals surface area (Å²) in [6.07, 6.45) is 0. The Kier molecular flexibility index (Phi) is 10.7. The number of para-hydroxylation sites is 6. The number of nitrogens with one attached hydrogen (secondary N) is 2. The summed E-state index contributed by atoms with van der Waals surface area (Å²) in [5.41, 5.74) is 12.2. The molecule has 2 N–H and O–H groups in total. The van der Waals surface area contributed by atoms with Crippen LogP contribution < -0.4 is 0 Å². The summed E-state index contributed by atoms with van der Waals surface area (Å²) in [7, 11) is 0. The maximum atomic E-state index is 3.58. The normalized spacial score (nSPS) is 11.7. The van der Waals surface area contributed by atoms with Crippen LogP contribution in [0.4, 0.5) is 0 Å². The van der Waals surface area contributed by atoms with Gasteiger partial charge in [-0.25, -0.2) is 0 Å². The van der Waals surface area contributed by atoms with Gasteiger partial charge in [-0.2, -0.15) is 0 Å². The third-order valence-corrected chi connectivity index (χ3v) is 17.8. The highest BCUT2D eigenvalue weighted by Crippen LogP contribution is 2.48. The van der Waals surface area contributed by atoms with Gasteiger partial charge in [0.1, 0.15) is 0 Å². The molecule has 0 aliphatic heterocycles. The lowest BCUT2D eigenvalue weighted by Gasteiger charge is -2.07. The van der Waals surface area contributed by atoms with Crippen molar-refractivity contribution in [2.75, 3.05) is 0 Å². The molecule has 6 heterocycles. The third kappa shape index (κ3) is 6.84. The molecular formula is C67H45IN4S2. The molecular weight excluding hydrogens is 1050 g/mol. The first-order valence-electron chi connectivity index (χ1n) is 24.5. The van der Waals surface area contributed by atoms with Gasteiger partial charge >= 0.3 is 0 Å². The molecule has 0 saturated heterocycles. The number of rotatable bonds is 2. The maximum absolute atomic E-state index is 3.58. The zero-order valence-corrected chi connectivity index (χ0v) is 42.9. The third-order valence-electron chi connectivity index (χ3n) is 14.6. The number of H-pyrrole nitrogens is 2. The summed E-state index contributed by atoms with van der Waals surface area (Å²) >= 11 is 6.14. The van der Waals surface area contributed by atoms with E-state index in [1.807, 2.05) is 40.9 Å². The Bertz CT molecular complexity index is 4690. The Labute approximate surface area is 447 Å².